The fourth-order valence-corrected chi connectivity index (χ4v) is 1.87. The molecule has 1 aromatic carbocycles. The van der Waals surface area contributed by atoms with Gasteiger partial charge in [0.15, 0.2) is 0 Å². The highest BCUT2D eigenvalue weighted by atomic mass is 16.4. The Morgan fingerprint density at radius 3 is 2.65 bits per heavy atom. The van der Waals surface area contributed by atoms with Crippen LogP contribution >= 0.6 is 0 Å². The van der Waals surface area contributed by atoms with Crippen molar-refractivity contribution in [2.75, 3.05) is 6.61 Å². The minimum absolute atomic E-state index is 0.212. The largest absolute Gasteiger partial charge is 0.478 e. The van der Waals surface area contributed by atoms with E-state index in [1.54, 1.807) is 12.1 Å². The van der Waals surface area contributed by atoms with Gasteiger partial charge in [-0.3, -0.25) is 0 Å². The standard InChI is InChI=1S/C13H15NO3/c15-6-2-1-5-14-8-11-4-3-10(13(16)17)7-12(11)9-14/h3-4,7-9,15H,1-2,5-6H2,(H,16,17). The van der Waals surface area contributed by atoms with Crippen molar-refractivity contribution in [3.05, 3.63) is 36.2 Å². The van der Waals surface area contributed by atoms with Crippen molar-refractivity contribution >= 4 is 16.7 Å². The van der Waals surface area contributed by atoms with Gasteiger partial charge in [-0.2, -0.15) is 0 Å². The SMILES string of the molecule is O=C(O)c1ccc2cn(CCCCO)cc2c1. The van der Waals surface area contributed by atoms with Crippen molar-refractivity contribution < 1.29 is 15.0 Å². The smallest absolute Gasteiger partial charge is 0.335 e. The molecular weight excluding hydrogens is 218 g/mol. The summed E-state index contributed by atoms with van der Waals surface area (Å²) < 4.78 is 2.03. The van der Waals surface area contributed by atoms with Gasteiger partial charge in [0.05, 0.1) is 5.56 Å². The van der Waals surface area contributed by atoms with Gasteiger partial charge in [-0.05, 0) is 30.4 Å². The number of aliphatic hydroxyl groups is 1. The van der Waals surface area contributed by atoms with Gasteiger partial charge in [-0.25, -0.2) is 4.79 Å². The summed E-state index contributed by atoms with van der Waals surface area (Å²) in [4.78, 5) is 10.8. The second kappa shape index (κ2) is 5.01. The van der Waals surface area contributed by atoms with E-state index in [4.69, 9.17) is 10.2 Å². The minimum Gasteiger partial charge on any atom is -0.478 e. The zero-order valence-electron chi connectivity index (χ0n) is 9.47. The van der Waals surface area contributed by atoms with Crippen LogP contribution in [0, 0.1) is 0 Å². The first kappa shape index (κ1) is 11.7. The summed E-state index contributed by atoms with van der Waals surface area (Å²) in [5.74, 6) is -0.903. The molecule has 4 nitrogen and oxygen atoms in total. The number of hydrogen-bond donors (Lipinski definition) is 2. The molecule has 0 saturated carbocycles. The van der Waals surface area contributed by atoms with E-state index < -0.39 is 5.97 Å². The number of benzene rings is 1. The Bertz CT molecular complexity index is 530. The Morgan fingerprint density at radius 2 is 1.94 bits per heavy atom. The molecule has 0 radical (unpaired) electrons. The van der Waals surface area contributed by atoms with E-state index in [2.05, 4.69) is 0 Å². The molecule has 1 heterocycles. The monoisotopic (exact) mass is 233 g/mol. The van der Waals surface area contributed by atoms with Crippen molar-refractivity contribution in [2.45, 2.75) is 19.4 Å². The fraction of sp³-hybridized carbons (Fsp3) is 0.308. The maximum atomic E-state index is 10.8. The lowest BCUT2D eigenvalue weighted by molar-refractivity contribution is 0.0697. The van der Waals surface area contributed by atoms with E-state index in [1.807, 2.05) is 23.0 Å². The quantitative estimate of drug-likeness (QED) is 0.777. The van der Waals surface area contributed by atoms with Gasteiger partial charge < -0.3 is 14.8 Å². The third-order valence-corrected chi connectivity index (χ3v) is 2.77. The third kappa shape index (κ3) is 2.65. The van der Waals surface area contributed by atoms with Crippen LogP contribution in [0.25, 0.3) is 10.8 Å². The number of hydrogen-bond acceptors (Lipinski definition) is 2. The number of carboxylic acids is 1. The highest BCUT2D eigenvalue weighted by Gasteiger charge is 2.05. The van der Waals surface area contributed by atoms with Crippen LogP contribution in [-0.2, 0) is 6.54 Å². The molecule has 2 rings (SSSR count). The second-order valence-electron chi connectivity index (χ2n) is 4.08. The predicted molar refractivity (Wildman–Crippen MR) is 65.2 cm³/mol. The van der Waals surface area contributed by atoms with Crippen molar-refractivity contribution in [3.63, 3.8) is 0 Å². The molecule has 0 aliphatic rings. The van der Waals surface area contributed by atoms with E-state index >= 15 is 0 Å². The van der Waals surface area contributed by atoms with Gasteiger partial charge in [0.1, 0.15) is 0 Å². The number of carboxylic acid groups (broad SMARTS) is 1. The average Bonchev–Trinajstić information content (AvgIpc) is 2.70. The molecule has 2 N–H and O–H groups in total. The molecule has 0 atom stereocenters. The molecule has 2 aromatic rings. The van der Waals surface area contributed by atoms with Gasteiger partial charge in [0, 0.05) is 30.9 Å². The molecule has 17 heavy (non-hydrogen) atoms. The predicted octanol–water partition coefficient (Wildman–Crippen LogP) is 2.11. The maximum absolute atomic E-state index is 10.8. The van der Waals surface area contributed by atoms with Crippen LogP contribution in [0.3, 0.4) is 0 Å². The van der Waals surface area contributed by atoms with Gasteiger partial charge in [0.2, 0.25) is 0 Å². The third-order valence-electron chi connectivity index (χ3n) is 2.77. The van der Waals surface area contributed by atoms with Crippen LogP contribution in [0.2, 0.25) is 0 Å². The van der Waals surface area contributed by atoms with Gasteiger partial charge >= 0.3 is 5.97 Å². The van der Waals surface area contributed by atoms with Crippen LogP contribution in [0.1, 0.15) is 23.2 Å². The summed E-state index contributed by atoms with van der Waals surface area (Å²) in [5.41, 5.74) is 0.311. The second-order valence-corrected chi connectivity index (χ2v) is 4.08. The summed E-state index contributed by atoms with van der Waals surface area (Å²) in [6.45, 7) is 1.06. The first-order valence-corrected chi connectivity index (χ1v) is 5.64. The van der Waals surface area contributed by atoms with Crippen molar-refractivity contribution in [1.29, 1.82) is 0 Å². The number of aryl methyl sites for hydroxylation is 1. The number of aromatic carboxylic acids is 1. The van der Waals surface area contributed by atoms with Crippen molar-refractivity contribution in [3.8, 4) is 0 Å². The van der Waals surface area contributed by atoms with Gasteiger partial charge in [-0.15, -0.1) is 0 Å². The van der Waals surface area contributed by atoms with E-state index in [0.717, 1.165) is 30.2 Å². The summed E-state index contributed by atoms with van der Waals surface area (Å²) in [6.07, 6.45) is 5.65. The first-order chi connectivity index (χ1) is 8.20. The molecular formula is C13H15NO3. The fourth-order valence-electron chi connectivity index (χ4n) is 1.87. The van der Waals surface area contributed by atoms with Crippen LogP contribution in [0.15, 0.2) is 30.6 Å². The molecule has 0 saturated heterocycles. The number of nitrogens with zero attached hydrogens (tertiary/aromatic N) is 1. The maximum Gasteiger partial charge on any atom is 0.335 e. The number of rotatable bonds is 5. The number of fused-ring (bicyclic) bond motifs is 1. The summed E-state index contributed by atoms with van der Waals surface area (Å²) >= 11 is 0. The van der Waals surface area contributed by atoms with Crippen molar-refractivity contribution in [1.82, 2.24) is 4.57 Å². The zero-order valence-corrected chi connectivity index (χ0v) is 9.47. The molecule has 1 aromatic heterocycles. The Hall–Kier alpha value is -1.81. The number of carbonyl (C=O) groups is 1. The first-order valence-electron chi connectivity index (χ1n) is 5.64. The number of aliphatic hydroxyl groups excluding tert-OH is 1. The summed E-state index contributed by atoms with van der Waals surface area (Å²) in [7, 11) is 0. The summed E-state index contributed by atoms with van der Waals surface area (Å²) in [5, 5.41) is 19.6. The van der Waals surface area contributed by atoms with Crippen LogP contribution in [-0.4, -0.2) is 27.4 Å². The highest BCUT2D eigenvalue weighted by molar-refractivity contribution is 5.94. The Labute approximate surface area is 99.1 Å². The van der Waals surface area contributed by atoms with E-state index in [9.17, 15) is 4.79 Å². The van der Waals surface area contributed by atoms with Crippen LogP contribution < -0.4 is 0 Å². The van der Waals surface area contributed by atoms with Gasteiger partial charge in [0.25, 0.3) is 0 Å². The molecule has 0 amide bonds. The van der Waals surface area contributed by atoms with E-state index in [0.29, 0.717) is 5.56 Å². The lowest BCUT2D eigenvalue weighted by Gasteiger charge is -1.99. The molecule has 4 heteroatoms. The van der Waals surface area contributed by atoms with Gasteiger partial charge in [-0.1, -0.05) is 6.07 Å². The van der Waals surface area contributed by atoms with Crippen LogP contribution in [0.4, 0.5) is 0 Å². The molecule has 0 aliphatic carbocycles. The van der Waals surface area contributed by atoms with E-state index in [-0.39, 0.29) is 6.61 Å². The molecule has 0 bridgehead atoms. The Balaban J connectivity index is 2.21. The van der Waals surface area contributed by atoms with E-state index in [1.165, 1.54) is 0 Å². The number of unbranched alkanes of at least 4 members (excludes halogenated alkanes) is 1. The summed E-state index contributed by atoms with van der Waals surface area (Å²) in [6, 6.07) is 5.12. The number of aromatic nitrogens is 1. The molecule has 0 aliphatic heterocycles. The molecule has 0 unspecified atom stereocenters. The Kier molecular flexibility index (Phi) is 3.44. The zero-order chi connectivity index (χ0) is 12.3. The highest BCUT2D eigenvalue weighted by Crippen LogP contribution is 2.17. The molecule has 90 valence electrons. The lowest BCUT2D eigenvalue weighted by atomic mass is 10.1. The average molecular weight is 233 g/mol. The molecule has 0 spiro atoms. The Morgan fingerprint density at radius 1 is 1.18 bits per heavy atom. The molecule has 0 fully saturated rings. The van der Waals surface area contributed by atoms with Crippen LogP contribution in [0.5, 0.6) is 0 Å². The normalized spacial score (nSPS) is 10.9. The van der Waals surface area contributed by atoms with Crippen molar-refractivity contribution in [2.24, 2.45) is 0 Å². The topological polar surface area (TPSA) is 62.5 Å². The minimum atomic E-state index is -0.903. The lowest BCUT2D eigenvalue weighted by Crippen LogP contribution is -1.95.